The van der Waals surface area contributed by atoms with Crippen molar-refractivity contribution in [1.82, 2.24) is 15.0 Å². The maximum absolute atomic E-state index is 12.3. The first-order valence-electron chi connectivity index (χ1n) is 8.12. The normalized spacial score (nSPS) is 14.8. The second-order valence-corrected chi connectivity index (χ2v) is 5.78. The van der Waals surface area contributed by atoms with E-state index >= 15 is 0 Å². The molecule has 1 saturated heterocycles. The summed E-state index contributed by atoms with van der Waals surface area (Å²) in [6, 6.07) is 7.97. The summed E-state index contributed by atoms with van der Waals surface area (Å²) in [7, 11) is 1.68. The molecule has 0 atom stereocenters. The molecule has 1 aliphatic heterocycles. The fourth-order valence-corrected chi connectivity index (χ4v) is 2.90. The number of benzene rings is 1. The molecule has 0 aliphatic carbocycles. The number of amides is 1. The van der Waals surface area contributed by atoms with Gasteiger partial charge in [-0.25, -0.2) is 0 Å². The predicted molar refractivity (Wildman–Crippen MR) is 89.1 cm³/mol. The number of aryl methyl sites for hydroxylation is 2. The van der Waals surface area contributed by atoms with Crippen LogP contribution in [-0.4, -0.2) is 54.2 Å². The van der Waals surface area contributed by atoms with Crippen LogP contribution >= 0.6 is 0 Å². The predicted octanol–water partition coefficient (Wildman–Crippen LogP) is 1.67. The Bertz CT molecular complexity index is 693. The molecule has 1 amide bonds. The summed E-state index contributed by atoms with van der Waals surface area (Å²) in [5, 5.41) is 3.74. The zero-order valence-corrected chi connectivity index (χ0v) is 14.1. The summed E-state index contributed by atoms with van der Waals surface area (Å²) in [6.45, 7) is 4.78. The Morgan fingerprint density at radius 1 is 1.25 bits per heavy atom. The number of anilines is 1. The quantitative estimate of drug-likeness (QED) is 0.830. The monoisotopic (exact) mass is 330 g/mol. The Morgan fingerprint density at radius 3 is 2.67 bits per heavy atom. The second-order valence-electron chi connectivity index (χ2n) is 5.78. The highest BCUT2D eigenvalue weighted by molar-refractivity contribution is 5.76. The number of carbonyl (C=O) groups excluding carboxylic acids is 1. The van der Waals surface area contributed by atoms with E-state index in [-0.39, 0.29) is 5.91 Å². The van der Waals surface area contributed by atoms with Crippen LogP contribution in [0.15, 0.2) is 28.8 Å². The minimum atomic E-state index is 0.130. The van der Waals surface area contributed by atoms with Gasteiger partial charge in [-0.2, -0.15) is 4.98 Å². The van der Waals surface area contributed by atoms with Gasteiger partial charge in [0.25, 0.3) is 0 Å². The molecule has 24 heavy (non-hydrogen) atoms. The molecule has 0 bridgehead atoms. The van der Waals surface area contributed by atoms with Gasteiger partial charge in [0, 0.05) is 39.0 Å². The summed E-state index contributed by atoms with van der Waals surface area (Å²) < 4.78 is 10.5. The number of para-hydroxylation sites is 2. The smallest absolute Gasteiger partial charge is 0.227 e. The maximum Gasteiger partial charge on any atom is 0.227 e. The van der Waals surface area contributed by atoms with Crippen molar-refractivity contribution in [3.63, 3.8) is 0 Å². The number of nitrogens with zero attached hydrogens (tertiary/aromatic N) is 4. The Kier molecular flexibility index (Phi) is 4.98. The number of piperazine rings is 1. The lowest BCUT2D eigenvalue weighted by atomic mass is 10.2. The highest BCUT2D eigenvalue weighted by atomic mass is 16.5. The third-order valence-electron chi connectivity index (χ3n) is 4.18. The molecule has 1 aromatic carbocycles. The van der Waals surface area contributed by atoms with Gasteiger partial charge in [-0.05, 0) is 19.1 Å². The summed E-state index contributed by atoms with van der Waals surface area (Å²) in [5.74, 6) is 2.12. The van der Waals surface area contributed by atoms with Gasteiger partial charge >= 0.3 is 0 Å². The molecule has 7 heteroatoms. The van der Waals surface area contributed by atoms with Crippen LogP contribution in [0.25, 0.3) is 0 Å². The van der Waals surface area contributed by atoms with Gasteiger partial charge in [0.05, 0.1) is 12.8 Å². The van der Waals surface area contributed by atoms with Crippen LogP contribution in [0, 0.1) is 6.92 Å². The van der Waals surface area contributed by atoms with Crippen molar-refractivity contribution in [2.24, 2.45) is 0 Å². The molecule has 0 unspecified atom stereocenters. The standard InChI is InChI=1S/C17H22N4O3/c1-13-18-16(24-19-13)7-8-17(22)21-11-9-20(10-12-21)14-5-3-4-6-15(14)23-2/h3-6H,7-12H2,1-2H3. The van der Waals surface area contributed by atoms with Crippen molar-refractivity contribution >= 4 is 11.6 Å². The van der Waals surface area contributed by atoms with Crippen molar-refractivity contribution in [3.8, 4) is 5.75 Å². The molecule has 2 aromatic rings. The molecule has 0 saturated carbocycles. The van der Waals surface area contributed by atoms with E-state index in [1.807, 2.05) is 29.2 Å². The van der Waals surface area contributed by atoms with Gasteiger partial charge in [0.2, 0.25) is 11.8 Å². The van der Waals surface area contributed by atoms with E-state index in [1.54, 1.807) is 14.0 Å². The van der Waals surface area contributed by atoms with Gasteiger partial charge < -0.3 is 19.1 Å². The minimum absolute atomic E-state index is 0.130. The number of hydrogen-bond donors (Lipinski definition) is 0. The zero-order valence-electron chi connectivity index (χ0n) is 14.1. The van der Waals surface area contributed by atoms with E-state index in [1.165, 1.54) is 0 Å². The van der Waals surface area contributed by atoms with Crippen LogP contribution in [-0.2, 0) is 11.2 Å². The molecule has 1 aliphatic rings. The average molecular weight is 330 g/mol. The fourth-order valence-electron chi connectivity index (χ4n) is 2.90. The molecule has 2 heterocycles. The Hall–Kier alpha value is -2.57. The average Bonchev–Trinajstić information content (AvgIpc) is 3.05. The van der Waals surface area contributed by atoms with E-state index in [4.69, 9.17) is 9.26 Å². The number of aromatic nitrogens is 2. The van der Waals surface area contributed by atoms with Crippen LogP contribution in [0.1, 0.15) is 18.1 Å². The van der Waals surface area contributed by atoms with Gasteiger partial charge in [0.15, 0.2) is 5.82 Å². The van der Waals surface area contributed by atoms with Gasteiger partial charge in [-0.15, -0.1) is 0 Å². The molecule has 7 nitrogen and oxygen atoms in total. The summed E-state index contributed by atoms with van der Waals surface area (Å²) in [4.78, 5) is 20.6. The third-order valence-corrected chi connectivity index (χ3v) is 4.18. The first-order chi connectivity index (χ1) is 11.7. The van der Waals surface area contributed by atoms with Crippen LogP contribution in [0.2, 0.25) is 0 Å². The lowest BCUT2D eigenvalue weighted by molar-refractivity contribution is -0.131. The second kappa shape index (κ2) is 7.33. The number of methoxy groups -OCH3 is 1. The molecule has 0 N–H and O–H groups in total. The van der Waals surface area contributed by atoms with Gasteiger partial charge in [0.1, 0.15) is 5.75 Å². The maximum atomic E-state index is 12.3. The first kappa shape index (κ1) is 16.3. The largest absolute Gasteiger partial charge is 0.495 e. The molecule has 1 fully saturated rings. The highest BCUT2D eigenvalue weighted by Gasteiger charge is 2.23. The SMILES string of the molecule is COc1ccccc1N1CCN(C(=O)CCc2nc(C)no2)CC1. The molecule has 1 aromatic heterocycles. The summed E-state index contributed by atoms with van der Waals surface area (Å²) >= 11 is 0. The lowest BCUT2D eigenvalue weighted by Gasteiger charge is -2.36. The topological polar surface area (TPSA) is 71.7 Å². The van der Waals surface area contributed by atoms with E-state index < -0.39 is 0 Å². The number of hydrogen-bond acceptors (Lipinski definition) is 6. The van der Waals surface area contributed by atoms with Gasteiger partial charge in [-0.3, -0.25) is 4.79 Å². The number of carbonyl (C=O) groups is 1. The molecule has 3 rings (SSSR count). The Balaban J connectivity index is 1.52. The number of ether oxygens (including phenoxy) is 1. The van der Waals surface area contributed by atoms with Crippen molar-refractivity contribution in [1.29, 1.82) is 0 Å². The third kappa shape index (κ3) is 3.67. The fraction of sp³-hybridized carbons (Fsp3) is 0.471. The Labute approximate surface area is 141 Å². The van der Waals surface area contributed by atoms with Crippen LogP contribution < -0.4 is 9.64 Å². The van der Waals surface area contributed by atoms with E-state index in [9.17, 15) is 4.79 Å². The van der Waals surface area contributed by atoms with Crippen molar-refractivity contribution in [3.05, 3.63) is 36.0 Å². The summed E-state index contributed by atoms with van der Waals surface area (Å²) in [5.41, 5.74) is 1.08. The zero-order chi connectivity index (χ0) is 16.9. The molecular weight excluding hydrogens is 308 g/mol. The molecule has 128 valence electrons. The minimum Gasteiger partial charge on any atom is -0.495 e. The molecule has 0 spiro atoms. The van der Waals surface area contributed by atoms with E-state index in [0.29, 0.717) is 37.6 Å². The van der Waals surface area contributed by atoms with Crippen molar-refractivity contribution in [2.75, 3.05) is 38.2 Å². The Morgan fingerprint density at radius 2 is 2.00 bits per heavy atom. The first-order valence-corrected chi connectivity index (χ1v) is 8.12. The van der Waals surface area contributed by atoms with Crippen LogP contribution in [0.3, 0.4) is 0 Å². The van der Waals surface area contributed by atoms with Crippen LogP contribution in [0.5, 0.6) is 5.75 Å². The van der Waals surface area contributed by atoms with Crippen molar-refractivity contribution in [2.45, 2.75) is 19.8 Å². The number of rotatable bonds is 5. The van der Waals surface area contributed by atoms with Crippen LogP contribution in [0.4, 0.5) is 5.69 Å². The molecular formula is C17H22N4O3. The van der Waals surface area contributed by atoms with E-state index in [2.05, 4.69) is 15.0 Å². The lowest BCUT2D eigenvalue weighted by Crippen LogP contribution is -2.48. The van der Waals surface area contributed by atoms with Crippen molar-refractivity contribution < 1.29 is 14.1 Å². The summed E-state index contributed by atoms with van der Waals surface area (Å²) in [6.07, 6.45) is 0.892. The van der Waals surface area contributed by atoms with Gasteiger partial charge in [-0.1, -0.05) is 17.3 Å². The van der Waals surface area contributed by atoms with E-state index in [0.717, 1.165) is 24.5 Å². The highest BCUT2D eigenvalue weighted by Crippen LogP contribution is 2.28. The molecule has 0 radical (unpaired) electrons.